The lowest BCUT2D eigenvalue weighted by molar-refractivity contribution is 0.282. The number of phenols is 2. The fourth-order valence-electron chi connectivity index (χ4n) is 2.23. The molecule has 3 N–H and O–H groups in total. The smallest absolute Gasteiger partial charge is 0.157 e. The number of aliphatic hydroxyl groups excluding tert-OH is 1. The molecule has 0 radical (unpaired) electrons. The van der Waals surface area contributed by atoms with Crippen LogP contribution in [0, 0.1) is 0 Å². The third kappa shape index (κ3) is 7.06. The van der Waals surface area contributed by atoms with Crippen LogP contribution in [-0.2, 0) is 6.42 Å². The summed E-state index contributed by atoms with van der Waals surface area (Å²) in [7, 11) is 0. The quantitative estimate of drug-likeness (QED) is 0.446. The zero-order chi connectivity index (χ0) is 13.9. The summed E-state index contributed by atoms with van der Waals surface area (Å²) in [6, 6.07) is 5.06. The lowest BCUT2D eigenvalue weighted by atomic mass is 10.0. The molecule has 0 bridgehead atoms. The molecule has 0 aliphatic rings. The van der Waals surface area contributed by atoms with Crippen molar-refractivity contribution in [2.45, 2.75) is 57.8 Å². The van der Waals surface area contributed by atoms with Gasteiger partial charge in [0.25, 0.3) is 0 Å². The molecule has 0 atom stereocenters. The molecule has 1 aromatic carbocycles. The predicted molar refractivity (Wildman–Crippen MR) is 77.5 cm³/mol. The van der Waals surface area contributed by atoms with E-state index in [0.717, 1.165) is 31.2 Å². The minimum atomic E-state index is -0.0494. The molecule has 0 unspecified atom stereocenters. The molecule has 19 heavy (non-hydrogen) atoms. The van der Waals surface area contributed by atoms with Gasteiger partial charge >= 0.3 is 0 Å². The van der Waals surface area contributed by atoms with Gasteiger partial charge in [-0.05, 0) is 37.0 Å². The first-order valence-corrected chi connectivity index (χ1v) is 7.36. The fraction of sp³-hybridized carbons (Fsp3) is 0.625. The standard InChI is InChI=1S/C16H26O3/c17-12-8-6-4-2-1-3-5-7-9-14-10-11-15(18)16(19)13-14/h10-11,13,17-19H,1-9,12H2. The summed E-state index contributed by atoms with van der Waals surface area (Å²) in [4.78, 5) is 0. The van der Waals surface area contributed by atoms with Crippen molar-refractivity contribution in [1.82, 2.24) is 0 Å². The Hall–Kier alpha value is -1.22. The van der Waals surface area contributed by atoms with Crippen LogP contribution in [0.2, 0.25) is 0 Å². The van der Waals surface area contributed by atoms with Crippen molar-refractivity contribution in [3.63, 3.8) is 0 Å². The van der Waals surface area contributed by atoms with E-state index in [9.17, 15) is 10.2 Å². The van der Waals surface area contributed by atoms with Crippen molar-refractivity contribution >= 4 is 0 Å². The maximum Gasteiger partial charge on any atom is 0.157 e. The van der Waals surface area contributed by atoms with Crippen LogP contribution in [0.15, 0.2) is 18.2 Å². The summed E-state index contributed by atoms with van der Waals surface area (Å²) < 4.78 is 0. The predicted octanol–water partition coefficient (Wildman–Crippen LogP) is 3.75. The summed E-state index contributed by atoms with van der Waals surface area (Å²) in [5.41, 5.74) is 1.08. The molecule has 0 aliphatic heterocycles. The van der Waals surface area contributed by atoms with E-state index in [1.807, 2.05) is 6.07 Å². The number of phenolic OH excluding ortho intramolecular Hbond substituents is 2. The summed E-state index contributed by atoms with van der Waals surface area (Å²) in [6.45, 7) is 0.319. The maximum atomic E-state index is 9.38. The Kier molecular flexibility index (Phi) is 8.07. The van der Waals surface area contributed by atoms with Gasteiger partial charge in [0.2, 0.25) is 0 Å². The van der Waals surface area contributed by atoms with E-state index in [1.165, 1.54) is 32.1 Å². The first kappa shape index (κ1) is 15.8. The fourth-order valence-corrected chi connectivity index (χ4v) is 2.23. The number of unbranched alkanes of at least 4 members (excludes halogenated alkanes) is 7. The third-order valence-electron chi connectivity index (χ3n) is 3.41. The minimum absolute atomic E-state index is 0.0265. The second-order valence-corrected chi connectivity index (χ2v) is 5.13. The van der Waals surface area contributed by atoms with Gasteiger partial charge in [0.1, 0.15) is 0 Å². The molecule has 0 spiro atoms. The van der Waals surface area contributed by atoms with Gasteiger partial charge < -0.3 is 15.3 Å². The van der Waals surface area contributed by atoms with Gasteiger partial charge in [-0.25, -0.2) is 0 Å². The molecule has 0 saturated carbocycles. The van der Waals surface area contributed by atoms with Crippen molar-refractivity contribution in [1.29, 1.82) is 0 Å². The van der Waals surface area contributed by atoms with Crippen molar-refractivity contribution in [3.8, 4) is 11.5 Å². The van der Waals surface area contributed by atoms with Crippen LogP contribution in [0.5, 0.6) is 11.5 Å². The van der Waals surface area contributed by atoms with Crippen LogP contribution in [0.1, 0.15) is 56.9 Å². The Morgan fingerprint density at radius 3 is 1.84 bits per heavy atom. The molecular formula is C16H26O3. The Bertz CT molecular complexity index is 350. The molecule has 0 fully saturated rings. The van der Waals surface area contributed by atoms with Crippen molar-refractivity contribution in [2.24, 2.45) is 0 Å². The van der Waals surface area contributed by atoms with Gasteiger partial charge in [0.05, 0.1) is 0 Å². The van der Waals surface area contributed by atoms with E-state index in [0.29, 0.717) is 6.61 Å². The van der Waals surface area contributed by atoms with Crippen LogP contribution in [0.3, 0.4) is 0 Å². The highest BCUT2D eigenvalue weighted by molar-refractivity contribution is 5.40. The molecular weight excluding hydrogens is 240 g/mol. The van der Waals surface area contributed by atoms with Gasteiger partial charge in [0, 0.05) is 6.61 Å². The van der Waals surface area contributed by atoms with E-state index in [1.54, 1.807) is 12.1 Å². The van der Waals surface area contributed by atoms with Crippen LogP contribution < -0.4 is 0 Å². The average molecular weight is 266 g/mol. The number of aryl methyl sites for hydroxylation is 1. The third-order valence-corrected chi connectivity index (χ3v) is 3.41. The second-order valence-electron chi connectivity index (χ2n) is 5.13. The lowest BCUT2D eigenvalue weighted by Gasteiger charge is -2.04. The highest BCUT2D eigenvalue weighted by Crippen LogP contribution is 2.25. The van der Waals surface area contributed by atoms with Gasteiger partial charge in [-0.1, -0.05) is 44.6 Å². The van der Waals surface area contributed by atoms with E-state index in [-0.39, 0.29) is 11.5 Å². The Morgan fingerprint density at radius 1 is 0.684 bits per heavy atom. The van der Waals surface area contributed by atoms with Crippen molar-refractivity contribution in [2.75, 3.05) is 6.61 Å². The zero-order valence-electron chi connectivity index (χ0n) is 11.6. The molecule has 0 amide bonds. The Labute approximate surface area is 115 Å². The van der Waals surface area contributed by atoms with E-state index in [2.05, 4.69) is 0 Å². The maximum absolute atomic E-state index is 9.38. The molecule has 0 aliphatic carbocycles. The van der Waals surface area contributed by atoms with Gasteiger partial charge in [-0.3, -0.25) is 0 Å². The second kappa shape index (κ2) is 9.68. The number of benzene rings is 1. The number of hydrogen-bond donors (Lipinski definition) is 3. The summed E-state index contributed by atoms with van der Waals surface area (Å²) >= 11 is 0. The van der Waals surface area contributed by atoms with Crippen molar-refractivity contribution < 1.29 is 15.3 Å². The molecule has 1 aromatic rings. The monoisotopic (exact) mass is 266 g/mol. The van der Waals surface area contributed by atoms with Crippen LogP contribution in [0.25, 0.3) is 0 Å². The van der Waals surface area contributed by atoms with Gasteiger partial charge in [-0.15, -0.1) is 0 Å². The molecule has 3 heteroatoms. The summed E-state index contributed by atoms with van der Waals surface area (Å²) in [6.07, 6.45) is 10.4. The highest BCUT2D eigenvalue weighted by atomic mass is 16.3. The summed E-state index contributed by atoms with van der Waals surface area (Å²) in [5, 5.41) is 27.2. The van der Waals surface area contributed by atoms with Gasteiger partial charge in [-0.2, -0.15) is 0 Å². The van der Waals surface area contributed by atoms with Crippen LogP contribution in [0.4, 0.5) is 0 Å². The first-order valence-electron chi connectivity index (χ1n) is 7.36. The number of aliphatic hydroxyl groups is 1. The summed E-state index contributed by atoms with van der Waals surface area (Å²) in [5.74, 6) is -0.0759. The SMILES string of the molecule is OCCCCCCCCCCc1ccc(O)c(O)c1. The largest absolute Gasteiger partial charge is 0.504 e. The van der Waals surface area contributed by atoms with Crippen LogP contribution in [-0.4, -0.2) is 21.9 Å². The molecule has 0 saturated heterocycles. The Morgan fingerprint density at radius 2 is 1.26 bits per heavy atom. The molecule has 1 rings (SSSR count). The number of rotatable bonds is 10. The molecule has 0 aromatic heterocycles. The van der Waals surface area contributed by atoms with Crippen LogP contribution >= 0.6 is 0 Å². The molecule has 0 heterocycles. The Balaban J connectivity index is 2.00. The zero-order valence-corrected chi connectivity index (χ0v) is 11.6. The number of aromatic hydroxyl groups is 2. The minimum Gasteiger partial charge on any atom is -0.504 e. The molecule has 108 valence electrons. The van der Waals surface area contributed by atoms with Crippen molar-refractivity contribution in [3.05, 3.63) is 23.8 Å². The highest BCUT2D eigenvalue weighted by Gasteiger charge is 2.00. The van der Waals surface area contributed by atoms with E-state index in [4.69, 9.17) is 5.11 Å². The topological polar surface area (TPSA) is 60.7 Å². The average Bonchev–Trinajstić information content (AvgIpc) is 2.41. The van der Waals surface area contributed by atoms with E-state index >= 15 is 0 Å². The number of hydrogen-bond acceptors (Lipinski definition) is 3. The van der Waals surface area contributed by atoms with Gasteiger partial charge in [0.15, 0.2) is 11.5 Å². The normalized spacial score (nSPS) is 10.8. The lowest BCUT2D eigenvalue weighted by Crippen LogP contribution is -1.87. The first-order chi connectivity index (χ1) is 9.24. The van der Waals surface area contributed by atoms with E-state index < -0.39 is 0 Å². The molecule has 3 nitrogen and oxygen atoms in total.